The zero-order chi connectivity index (χ0) is 8.06. The van der Waals surface area contributed by atoms with E-state index in [9.17, 15) is 13.2 Å². The Morgan fingerprint density at radius 1 is 1.17 bits per heavy atom. The molecule has 3 atom stereocenters. The first kappa shape index (κ1) is 10.1. The van der Waals surface area contributed by atoms with Gasteiger partial charge in [0.1, 0.15) is 0 Å². The molecule has 0 aromatic rings. The first-order chi connectivity index (χ1) is 5.07. The van der Waals surface area contributed by atoms with Crippen molar-refractivity contribution >= 4 is 12.4 Å². The molecule has 2 rings (SSSR count). The third-order valence-corrected chi connectivity index (χ3v) is 2.72. The highest BCUT2D eigenvalue weighted by Gasteiger charge is 2.52. The van der Waals surface area contributed by atoms with E-state index in [0.29, 0.717) is 12.8 Å². The Bertz CT molecular complexity index is 171. The van der Waals surface area contributed by atoms with Gasteiger partial charge in [0.15, 0.2) is 0 Å². The lowest BCUT2D eigenvalue weighted by atomic mass is 9.89. The first-order valence-corrected chi connectivity index (χ1v) is 3.90. The van der Waals surface area contributed by atoms with Crippen molar-refractivity contribution in [1.82, 2.24) is 5.32 Å². The number of fused-ring (bicyclic) bond motifs is 2. The van der Waals surface area contributed by atoms with E-state index in [0.717, 1.165) is 6.42 Å². The second-order valence-electron chi connectivity index (χ2n) is 3.43. The van der Waals surface area contributed by atoms with Gasteiger partial charge in [0.2, 0.25) is 0 Å². The lowest BCUT2D eigenvalue weighted by Gasteiger charge is -2.22. The quantitative estimate of drug-likeness (QED) is 0.633. The van der Waals surface area contributed by atoms with Crippen LogP contribution >= 0.6 is 12.4 Å². The molecule has 0 radical (unpaired) electrons. The number of nitrogens with one attached hydrogen (secondary N) is 1. The molecule has 2 aliphatic heterocycles. The molecular formula is C7H11ClF3N. The second-order valence-corrected chi connectivity index (χ2v) is 3.43. The number of alkyl halides is 3. The molecule has 0 aromatic carbocycles. The number of hydrogen-bond acceptors (Lipinski definition) is 1. The average Bonchev–Trinajstić information content (AvgIpc) is 2.42. The van der Waals surface area contributed by atoms with Crippen molar-refractivity contribution in [3.05, 3.63) is 0 Å². The van der Waals surface area contributed by atoms with Crippen LogP contribution in [0.2, 0.25) is 0 Å². The summed E-state index contributed by atoms with van der Waals surface area (Å²) in [6.45, 7) is 0. The third-order valence-electron chi connectivity index (χ3n) is 2.72. The Labute approximate surface area is 75.1 Å². The van der Waals surface area contributed by atoms with Crippen molar-refractivity contribution in [2.45, 2.75) is 37.5 Å². The summed E-state index contributed by atoms with van der Waals surface area (Å²) in [6.07, 6.45) is -2.05. The van der Waals surface area contributed by atoms with Crippen molar-refractivity contribution < 1.29 is 13.2 Å². The summed E-state index contributed by atoms with van der Waals surface area (Å²) in [5.41, 5.74) is 0. The van der Waals surface area contributed by atoms with Crippen LogP contribution in [-0.4, -0.2) is 18.3 Å². The Hall–Kier alpha value is 0.0400. The van der Waals surface area contributed by atoms with Gasteiger partial charge in [-0.3, -0.25) is 0 Å². The van der Waals surface area contributed by atoms with Crippen LogP contribution in [0.25, 0.3) is 0 Å². The normalized spacial score (nSPS) is 39.8. The molecule has 2 heterocycles. The molecule has 1 N–H and O–H groups in total. The van der Waals surface area contributed by atoms with E-state index in [2.05, 4.69) is 5.32 Å². The molecule has 1 unspecified atom stereocenters. The summed E-state index contributed by atoms with van der Waals surface area (Å²) < 4.78 is 36.5. The van der Waals surface area contributed by atoms with Gasteiger partial charge in [0, 0.05) is 12.1 Å². The van der Waals surface area contributed by atoms with Gasteiger partial charge in [-0.05, 0) is 19.3 Å². The monoisotopic (exact) mass is 201 g/mol. The standard InChI is InChI=1S/C7H10F3N.ClH/c8-7(9,10)5-3-4-1-2-6(5)11-4;/h4-6,11H,1-3H2;1H/t4-,5?,6+;/m1./s1. The zero-order valence-electron chi connectivity index (χ0n) is 6.40. The fraction of sp³-hybridized carbons (Fsp3) is 1.00. The minimum absolute atomic E-state index is 0. The molecule has 0 amide bonds. The van der Waals surface area contributed by atoms with Crippen molar-refractivity contribution in [2.24, 2.45) is 5.92 Å². The fourth-order valence-electron chi connectivity index (χ4n) is 2.19. The van der Waals surface area contributed by atoms with Crippen LogP contribution in [0.1, 0.15) is 19.3 Å². The number of hydrogen-bond donors (Lipinski definition) is 1. The van der Waals surface area contributed by atoms with Gasteiger partial charge in [0.05, 0.1) is 5.92 Å². The summed E-state index contributed by atoms with van der Waals surface area (Å²) in [6, 6.07) is -0.133. The minimum atomic E-state index is -3.98. The third kappa shape index (κ3) is 1.55. The summed E-state index contributed by atoms with van der Waals surface area (Å²) in [7, 11) is 0. The molecule has 0 spiro atoms. The predicted octanol–water partition coefficient (Wildman–Crippen LogP) is 2.11. The van der Waals surface area contributed by atoms with Crippen molar-refractivity contribution in [3.8, 4) is 0 Å². The fourth-order valence-corrected chi connectivity index (χ4v) is 2.19. The summed E-state index contributed by atoms with van der Waals surface area (Å²) >= 11 is 0. The Morgan fingerprint density at radius 2 is 1.83 bits per heavy atom. The van der Waals surface area contributed by atoms with Gasteiger partial charge in [-0.25, -0.2) is 0 Å². The molecule has 2 fully saturated rings. The van der Waals surface area contributed by atoms with E-state index in [1.807, 2.05) is 0 Å². The minimum Gasteiger partial charge on any atom is -0.311 e. The first-order valence-electron chi connectivity index (χ1n) is 3.90. The second kappa shape index (κ2) is 3.07. The molecule has 2 bridgehead atoms. The van der Waals surface area contributed by atoms with Crippen LogP contribution in [0.4, 0.5) is 13.2 Å². The highest BCUT2D eigenvalue weighted by Crippen LogP contribution is 2.42. The Balaban J connectivity index is 0.000000720. The van der Waals surface area contributed by atoms with Gasteiger partial charge < -0.3 is 5.32 Å². The molecule has 12 heavy (non-hydrogen) atoms. The highest BCUT2D eigenvalue weighted by molar-refractivity contribution is 5.85. The summed E-state index contributed by atoms with van der Waals surface area (Å²) in [4.78, 5) is 0. The van der Waals surface area contributed by atoms with Crippen LogP contribution in [-0.2, 0) is 0 Å². The van der Waals surface area contributed by atoms with Crippen molar-refractivity contribution in [1.29, 1.82) is 0 Å². The van der Waals surface area contributed by atoms with E-state index in [-0.39, 0.29) is 24.5 Å². The van der Waals surface area contributed by atoms with Crippen LogP contribution in [0.5, 0.6) is 0 Å². The maximum Gasteiger partial charge on any atom is 0.393 e. The van der Waals surface area contributed by atoms with E-state index >= 15 is 0 Å². The molecule has 2 saturated heterocycles. The van der Waals surface area contributed by atoms with E-state index in [1.165, 1.54) is 0 Å². The van der Waals surface area contributed by atoms with Crippen molar-refractivity contribution in [3.63, 3.8) is 0 Å². The highest BCUT2D eigenvalue weighted by atomic mass is 35.5. The maximum atomic E-state index is 12.2. The van der Waals surface area contributed by atoms with Crippen LogP contribution in [0, 0.1) is 5.92 Å². The van der Waals surface area contributed by atoms with Gasteiger partial charge in [-0.1, -0.05) is 0 Å². The molecular weight excluding hydrogens is 191 g/mol. The summed E-state index contributed by atoms with van der Waals surface area (Å²) in [5.74, 6) is -1.07. The van der Waals surface area contributed by atoms with Gasteiger partial charge >= 0.3 is 6.18 Å². The molecule has 2 aliphatic rings. The lowest BCUT2D eigenvalue weighted by Crippen LogP contribution is -2.33. The van der Waals surface area contributed by atoms with Crippen LogP contribution in [0.3, 0.4) is 0 Å². The van der Waals surface area contributed by atoms with Crippen molar-refractivity contribution in [2.75, 3.05) is 0 Å². The number of rotatable bonds is 0. The number of halogens is 4. The van der Waals surface area contributed by atoms with E-state index in [4.69, 9.17) is 0 Å². The molecule has 0 saturated carbocycles. The maximum absolute atomic E-state index is 12.2. The Morgan fingerprint density at radius 3 is 2.08 bits per heavy atom. The molecule has 1 nitrogen and oxygen atoms in total. The van der Waals surface area contributed by atoms with Crippen LogP contribution < -0.4 is 5.32 Å². The molecule has 72 valence electrons. The summed E-state index contributed by atoms with van der Waals surface area (Å²) in [5, 5.41) is 2.96. The zero-order valence-corrected chi connectivity index (χ0v) is 7.21. The van der Waals surface area contributed by atoms with Gasteiger partial charge in [-0.2, -0.15) is 13.2 Å². The largest absolute Gasteiger partial charge is 0.393 e. The van der Waals surface area contributed by atoms with Gasteiger partial charge in [0.25, 0.3) is 0 Å². The molecule has 0 aliphatic carbocycles. The SMILES string of the molecule is Cl.FC(F)(F)C1C[C@H]2CC[C@@H]1N2. The van der Waals surface area contributed by atoms with Crippen LogP contribution in [0.15, 0.2) is 0 Å². The average molecular weight is 202 g/mol. The lowest BCUT2D eigenvalue weighted by molar-refractivity contribution is -0.178. The topological polar surface area (TPSA) is 12.0 Å². The van der Waals surface area contributed by atoms with E-state index in [1.54, 1.807) is 0 Å². The Kier molecular flexibility index (Phi) is 2.59. The van der Waals surface area contributed by atoms with Gasteiger partial charge in [-0.15, -0.1) is 12.4 Å². The van der Waals surface area contributed by atoms with E-state index < -0.39 is 12.1 Å². The smallest absolute Gasteiger partial charge is 0.311 e. The molecule has 5 heteroatoms. The predicted molar refractivity (Wildman–Crippen MR) is 41.4 cm³/mol. The molecule has 0 aromatic heterocycles.